The Kier molecular flexibility index (Phi) is 7.47. The summed E-state index contributed by atoms with van der Waals surface area (Å²) in [7, 11) is -4.08. The van der Waals surface area contributed by atoms with E-state index in [0.29, 0.717) is 37.9 Å². The van der Waals surface area contributed by atoms with Crippen molar-refractivity contribution < 1.29 is 36.2 Å². The average molecular weight is 535 g/mol. The zero-order chi connectivity index (χ0) is 26.7. The first kappa shape index (κ1) is 26.5. The number of likely N-dealkylation sites (tertiary alicyclic amines) is 1. The third-order valence-corrected chi connectivity index (χ3v) is 7.51. The van der Waals surface area contributed by atoms with Gasteiger partial charge in [-0.2, -0.15) is 0 Å². The molecule has 2 N–H and O–H groups in total. The summed E-state index contributed by atoms with van der Waals surface area (Å²) in [6, 6.07) is 19.3. The van der Waals surface area contributed by atoms with E-state index in [4.69, 9.17) is 0 Å². The van der Waals surface area contributed by atoms with E-state index in [9.17, 15) is 31.5 Å². The van der Waals surface area contributed by atoms with E-state index in [1.54, 1.807) is 4.90 Å². The lowest BCUT2D eigenvalue weighted by Crippen LogP contribution is -2.47. The van der Waals surface area contributed by atoms with Crippen LogP contribution in [0.4, 0.5) is 18.9 Å². The largest absolute Gasteiger partial charge is 0.573 e. The van der Waals surface area contributed by atoms with Crippen LogP contribution in [-0.4, -0.2) is 49.4 Å². The van der Waals surface area contributed by atoms with Crippen molar-refractivity contribution >= 4 is 21.6 Å². The zero-order valence-electron chi connectivity index (χ0n) is 19.6. The van der Waals surface area contributed by atoms with Crippen molar-refractivity contribution in [3.8, 4) is 5.75 Å². The van der Waals surface area contributed by atoms with Crippen molar-refractivity contribution in [2.45, 2.75) is 36.1 Å². The fourth-order valence-corrected chi connectivity index (χ4v) is 5.24. The van der Waals surface area contributed by atoms with Crippen molar-refractivity contribution in [3.05, 3.63) is 90.0 Å². The van der Waals surface area contributed by atoms with Gasteiger partial charge in [0.25, 0.3) is 15.9 Å². The highest BCUT2D eigenvalue weighted by atomic mass is 32.2. The van der Waals surface area contributed by atoms with Crippen LogP contribution in [-0.2, 0) is 16.4 Å². The Hall–Kier alpha value is -3.57. The molecule has 7 nitrogen and oxygen atoms in total. The Labute approximate surface area is 212 Å². The Balaban J connectivity index is 1.34. The molecule has 4 rings (SSSR count). The number of hydrogen-bond acceptors (Lipinski definition) is 5. The second-order valence-electron chi connectivity index (χ2n) is 8.88. The molecule has 1 fully saturated rings. The molecule has 0 atom stereocenters. The van der Waals surface area contributed by atoms with Gasteiger partial charge in [0, 0.05) is 30.8 Å². The van der Waals surface area contributed by atoms with Gasteiger partial charge < -0.3 is 14.7 Å². The number of rotatable bonds is 7. The molecule has 0 unspecified atom stereocenters. The van der Waals surface area contributed by atoms with E-state index in [0.717, 1.165) is 29.8 Å². The molecule has 3 aromatic carbocycles. The number of carbonyl (C=O) groups excluding carboxylic acids is 1. The van der Waals surface area contributed by atoms with Gasteiger partial charge in [-0.05, 0) is 66.9 Å². The number of halogens is 3. The van der Waals surface area contributed by atoms with Gasteiger partial charge in [0.2, 0.25) is 0 Å². The van der Waals surface area contributed by atoms with Gasteiger partial charge in [-0.25, -0.2) is 8.42 Å². The van der Waals surface area contributed by atoms with E-state index in [-0.39, 0.29) is 16.5 Å². The number of carbonyl (C=O) groups is 1. The number of benzene rings is 3. The van der Waals surface area contributed by atoms with Crippen molar-refractivity contribution in [3.63, 3.8) is 0 Å². The van der Waals surface area contributed by atoms with Crippen molar-refractivity contribution in [2.24, 2.45) is 0 Å². The van der Waals surface area contributed by atoms with Gasteiger partial charge in [-0.15, -0.1) is 13.2 Å². The molecule has 0 aromatic heterocycles. The predicted molar refractivity (Wildman–Crippen MR) is 131 cm³/mol. The maximum atomic E-state index is 12.9. The van der Waals surface area contributed by atoms with Crippen LogP contribution in [0.3, 0.4) is 0 Å². The van der Waals surface area contributed by atoms with Crippen LogP contribution in [0, 0.1) is 0 Å². The van der Waals surface area contributed by atoms with Crippen LogP contribution in [0.1, 0.15) is 28.8 Å². The molecule has 0 aliphatic carbocycles. The molecule has 1 heterocycles. The lowest BCUT2D eigenvalue weighted by molar-refractivity contribution is -0.274. The number of ether oxygens (including phenoxy) is 1. The van der Waals surface area contributed by atoms with Crippen LogP contribution in [0.15, 0.2) is 83.8 Å². The molecule has 37 heavy (non-hydrogen) atoms. The minimum Gasteiger partial charge on any atom is -0.406 e. The molecule has 3 aromatic rings. The molecule has 1 amide bonds. The second-order valence-corrected chi connectivity index (χ2v) is 10.6. The van der Waals surface area contributed by atoms with Crippen LogP contribution in [0.5, 0.6) is 5.75 Å². The summed E-state index contributed by atoms with van der Waals surface area (Å²) in [5.74, 6) is -0.762. The number of nitrogens with zero attached hydrogens (tertiary/aromatic N) is 1. The minimum atomic E-state index is -4.88. The molecule has 1 saturated heterocycles. The Morgan fingerprint density at radius 2 is 1.54 bits per heavy atom. The van der Waals surface area contributed by atoms with Crippen molar-refractivity contribution in [2.75, 3.05) is 17.8 Å². The highest BCUT2D eigenvalue weighted by Crippen LogP contribution is 2.28. The summed E-state index contributed by atoms with van der Waals surface area (Å²) in [6.07, 6.45) is -3.48. The van der Waals surface area contributed by atoms with Gasteiger partial charge in [-0.1, -0.05) is 30.3 Å². The lowest BCUT2D eigenvalue weighted by Gasteiger charge is -2.38. The number of hydrogen-bond donors (Lipinski definition) is 2. The van der Waals surface area contributed by atoms with E-state index in [1.807, 2.05) is 30.3 Å². The smallest absolute Gasteiger partial charge is 0.406 e. The van der Waals surface area contributed by atoms with Gasteiger partial charge in [0.15, 0.2) is 0 Å². The Morgan fingerprint density at radius 3 is 2.11 bits per heavy atom. The third-order valence-electron chi connectivity index (χ3n) is 6.11. The Bertz CT molecular complexity index is 1320. The SMILES string of the molecule is O=C(c1ccc(NS(=O)(=O)c2ccc(OC(F)(F)F)cc2)cc1)N1CCC(O)(Cc2ccccc2)CC1. The first-order valence-electron chi connectivity index (χ1n) is 11.5. The number of nitrogens with one attached hydrogen (secondary N) is 1. The molecular weight excluding hydrogens is 509 g/mol. The summed E-state index contributed by atoms with van der Waals surface area (Å²) in [4.78, 5) is 14.3. The summed E-state index contributed by atoms with van der Waals surface area (Å²) in [6.45, 7) is 0.787. The van der Waals surface area contributed by atoms with Crippen LogP contribution >= 0.6 is 0 Å². The molecule has 1 aliphatic rings. The number of piperidine rings is 1. The molecule has 0 bridgehead atoms. The second kappa shape index (κ2) is 10.4. The number of anilines is 1. The quantitative estimate of drug-likeness (QED) is 0.462. The maximum Gasteiger partial charge on any atom is 0.573 e. The minimum absolute atomic E-state index is 0.183. The standard InChI is InChI=1S/C26H25F3N2O5S/c27-26(28,29)36-22-10-12-23(13-11-22)37(34,35)30-21-8-6-20(7-9-21)24(32)31-16-14-25(33,15-17-31)18-19-4-2-1-3-5-19/h1-13,30,33H,14-18H2. The predicted octanol–water partition coefficient (Wildman–Crippen LogP) is 4.60. The first-order valence-corrected chi connectivity index (χ1v) is 13.0. The maximum absolute atomic E-state index is 12.9. The van der Waals surface area contributed by atoms with Gasteiger partial charge in [0.05, 0.1) is 10.5 Å². The monoisotopic (exact) mass is 534 g/mol. The number of aliphatic hydroxyl groups is 1. The van der Waals surface area contributed by atoms with Crippen molar-refractivity contribution in [1.82, 2.24) is 4.90 Å². The first-order chi connectivity index (χ1) is 17.4. The number of amides is 1. The molecule has 196 valence electrons. The molecular formula is C26H25F3N2O5S. The van der Waals surface area contributed by atoms with Crippen molar-refractivity contribution in [1.29, 1.82) is 0 Å². The van der Waals surface area contributed by atoms with Gasteiger partial charge in [-0.3, -0.25) is 9.52 Å². The molecule has 0 radical (unpaired) electrons. The topological polar surface area (TPSA) is 95.9 Å². The molecule has 11 heteroatoms. The van der Waals surface area contributed by atoms with E-state index >= 15 is 0 Å². The summed E-state index contributed by atoms with van der Waals surface area (Å²) in [5, 5.41) is 10.9. The fourth-order valence-electron chi connectivity index (χ4n) is 4.18. The number of sulfonamides is 1. The lowest BCUT2D eigenvalue weighted by atomic mass is 9.85. The van der Waals surface area contributed by atoms with Crippen LogP contribution in [0.2, 0.25) is 0 Å². The van der Waals surface area contributed by atoms with Crippen LogP contribution < -0.4 is 9.46 Å². The molecule has 0 saturated carbocycles. The molecule has 0 spiro atoms. The summed E-state index contributed by atoms with van der Waals surface area (Å²) < 4.78 is 68.1. The summed E-state index contributed by atoms with van der Waals surface area (Å²) in [5.41, 5.74) is 0.707. The fraction of sp³-hybridized carbons (Fsp3) is 0.269. The number of alkyl halides is 3. The highest BCUT2D eigenvalue weighted by Gasteiger charge is 2.34. The van der Waals surface area contributed by atoms with Gasteiger partial charge in [0.1, 0.15) is 5.75 Å². The normalized spacial score (nSPS) is 15.7. The molecule has 1 aliphatic heterocycles. The highest BCUT2D eigenvalue weighted by molar-refractivity contribution is 7.92. The zero-order valence-corrected chi connectivity index (χ0v) is 20.4. The van der Waals surface area contributed by atoms with E-state index in [1.165, 1.54) is 24.3 Å². The van der Waals surface area contributed by atoms with Crippen LogP contribution in [0.25, 0.3) is 0 Å². The van der Waals surface area contributed by atoms with Gasteiger partial charge >= 0.3 is 6.36 Å². The van der Waals surface area contributed by atoms with E-state index in [2.05, 4.69) is 9.46 Å². The van der Waals surface area contributed by atoms with E-state index < -0.39 is 27.7 Å². The Morgan fingerprint density at radius 1 is 0.946 bits per heavy atom. The summed E-state index contributed by atoms with van der Waals surface area (Å²) >= 11 is 0. The average Bonchev–Trinajstić information content (AvgIpc) is 2.84. The third kappa shape index (κ3) is 7.01.